The van der Waals surface area contributed by atoms with Crippen LogP contribution in [0.5, 0.6) is 0 Å². The molecule has 2 aromatic carbocycles. The third kappa shape index (κ3) is 4.82. The van der Waals surface area contributed by atoms with Gasteiger partial charge in [-0.2, -0.15) is 0 Å². The molecule has 1 aliphatic carbocycles. The number of rotatable bonds is 1. The lowest BCUT2D eigenvalue weighted by Gasteiger charge is -2.22. The van der Waals surface area contributed by atoms with Gasteiger partial charge in [0.25, 0.3) is 7.05 Å². The van der Waals surface area contributed by atoms with Crippen molar-refractivity contribution in [2.75, 3.05) is 7.05 Å². The van der Waals surface area contributed by atoms with Gasteiger partial charge in [0, 0.05) is 22.2 Å². The normalized spacial score (nSPS) is 17.3. The lowest BCUT2D eigenvalue weighted by atomic mass is 9.83. The highest BCUT2D eigenvalue weighted by Gasteiger charge is 2.16. The second-order valence-electron chi connectivity index (χ2n) is 6.65. The molecular formula is C26H26N+. The smallest absolute Gasteiger partial charge is 0.101 e. The number of aryl methyl sites for hydroxylation is 1. The fourth-order valence-corrected chi connectivity index (χ4v) is 3.38. The Morgan fingerprint density at radius 2 is 1.67 bits per heavy atom. The Morgan fingerprint density at radius 3 is 2.37 bits per heavy atom. The topological polar surface area (TPSA) is 4.36 Å². The molecule has 1 nitrogen and oxygen atoms in total. The average molecular weight is 357 g/mol. The van der Waals surface area contributed by atoms with Crippen molar-refractivity contribution < 1.29 is 5.48 Å². The highest BCUT2D eigenvalue weighted by atomic mass is 14.6. The largest absolute Gasteiger partial charge is 0.311 e. The lowest BCUT2D eigenvalue weighted by Crippen LogP contribution is -2.05. The van der Waals surface area contributed by atoms with Crippen LogP contribution in [0.1, 0.15) is 83.8 Å². The number of hydrogen-bond donors (Lipinski definition) is 0. The number of nitrogens with zero attached hydrogens (tertiary/aromatic N) is 1. The Morgan fingerprint density at radius 1 is 0.926 bits per heavy atom. The van der Waals surface area contributed by atoms with Gasteiger partial charge in [-0.3, -0.25) is 0 Å². The molecular weight excluding hydrogens is 326 g/mol. The second-order valence-corrected chi connectivity index (χ2v) is 6.65. The molecule has 1 heteroatoms. The molecule has 3 rings (SSSR count). The van der Waals surface area contributed by atoms with Crippen LogP contribution in [0.15, 0.2) is 36.4 Å². The predicted molar refractivity (Wildman–Crippen MR) is 114 cm³/mol. The maximum atomic E-state index is 8.94. The minimum atomic E-state index is -2.21. The molecule has 0 amide bonds. The Hall–Kier alpha value is -2.95. The van der Waals surface area contributed by atoms with Gasteiger partial charge < -0.3 is 0 Å². The molecule has 0 saturated heterocycles. The predicted octanol–water partition coefficient (Wildman–Crippen LogP) is 6.12. The van der Waals surface area contributed by atoms with Crippen LogP contribution in [0.3, 0.4) is 0 Å². The van der Waals surface area contributed by atoms with Gasteiger partial charge in [-0.25, -0.2) is 0 Å². The van der Waals surface area contributed by atoms with Crippen LogP contribution in [0, 0.1) is 36.6 Å². The van der Waals surface area contributed by atoms with E-state index in [1.54, 1.807) is 32.2 Å². The minimum absolute atomic E-state index is 0.230. The Labute approximate surface area is 169 Å². The zero-order valence-corrected chi connectivity index (χ0v) is 15.9. The van der Waals surface area contributed by atoms with E-state index in [2.05, 4.69) is 34.6 Å². The molecule has 1 saturated carbocycles. The van der Waals surface area contributed by atoms with Gasteiger partial charge in [0.05, 0.1) is 0 Å². The summed E-state index contributed by atoms with van der Waals surface area (Å²) in [7, 11) is 1.62. The fourth-order valence-electron chi connectivity index (χ4n) is 3.38. The summed E-state index contributed by atoms with van der Waals surface area (Å²) in [5.74, 6) is 11.7. The summed E-state index contributed by atoms with van der Waals surface area (Å²) in [6, 6.07) is 13.6. The highest BCUT2D eigenvalue weighted by Crippen LogP contribution is 2.33. The van der Waals surface area contributed by atoms with Gasteiger partial charge >= 0.3 is 6.07 Å². The standard InChI is InChI=1S/C26H26N/c1-4-8-21-13-14-25(22-9-6-5-7-10-22)18-24(21)16-15-23-17-20(2)11-12-26(23)19-27-3/h11-14,17-18,22H,5-7,9-10H2,1-3H3/q+1/i2D3,22D. The maximum absolute atomic E-state index is 8.94. The zero-order valence-electron chi connectivity index (χ0n) is 19.9. The first-order chi connectivity index (χ1) is 14.8. The summed E-state index contributed by atoms with van der Waals surface area (Å²) in [5.41, 5.74) is 3.96. The Balaban J connectivity index is 2.11. The summed E-state index contributed by atoms with van der Waals surface area (Å²) in [4.78, 5) is 3.94. The molecule has 0 atom stereocenters. The molecule has 0 unspecified atom stereocenters. The quantitative estimate of drug-likeness (QED) is 0.542. The maximum Gasteiger partial charge on any atom is 0.311 e. The summed E-state index contributed by atoms with van der Waals surface area (Å²) < 4.78 is 32.0. The fraction of sp³-hybridized carbons (Fsp3) is 0.346. The van der Waals surface area contributed by atoms with Crippen molar-refractivity contribution in [1.29, 1.82) is 0 Å². The molecule has 0 aromatic heterocycles. The van der Waals surface area contributed by atoms with Crippen LogP contribution in [0.2, 0.25) is 0 Å². The van der Waals surface area contributed by atoms with E-state index in [1.165, 1.54) is 6.42 Å². The van der Waals surface area contributed by atoms with Crippen LogP contribution in [-0.4, -0.2) is 7.05 Å². The van der Waals surface area contributed by atoms with E-state index in [-0.39, 0.29) is 5.56 Å². The Kier molecular flexibility index (Phi) is 4.78. The van der Waals surface area contributed by atoms with Crippen molar-refractivity contribution in [3.63, 3.8) is 0 Å². The molecule has 134 valence electrons. The van der Waals surface area contributed by atoms with E-state index in [9.17, 15) is 0 Å². The van der Waals surface area contributed by atoms with E-state index in [4.69, 9.17) is 5.48 Å². The minimum Gasteiger partial charge on any atom is -0.101 e. The van der Waals surface area contributed by atoms with Crippen LogP contribution >= 0.6 is 0 Å². The first-order valence-electron chi connectivity index (χ1n) is 11.4. The summed E-state index contributed by atoms with van der Waals surface area (Å²) in [6.45, 7) is -0.432. The molecule has 2 aromatic rings. The summed E-state index contributed by atoms with van der Waals surface area (Å²) in [5, 5.41) is 0. The molecule has 0 radical (unpaired) electrons. The third-order valence-electron chi connectivity index (χ3n) is 4.73. The van der Waals surface area contributed by atoms with Crippen molar-refractivity contribution in [2.45, 2.75) is 51.8 Å². The van der Waals surface area contributed by atoms with Gasteiger partial charge in [-0.05, 0) is 67.9 Å². The van der Waals surface area contributed by atoms with Gasteiger partial charge in [0.15, 0.2) is 0 Å². The zero-order chi connectivity index (χ0) is 22.5. The molecule has 0 heterocycles. The Bertz CT molecular complexity index is 1150. The van der Waals surface area contributed by atoms with E-state index < -0.39 is 12.7 Å². The van der Waals surface area contributed by atoms with Gasteiger partial charge in [0.2, 0.25) is 0 Å². The lowest BCUT2D eigenvalue weighted by molar-refractivity contribution is 0.443. The molecule has 1 fully saturated rings. The molecule has 0 bridgehead atoms. The molecule has 1 aliphatic rings. The summed E-state index contributed by atoms with van der Waals surface area (Å²) in [6.07, 6.45) is 5.03. The van der Waals surface area contributed by atoms with E-state index in [1.807, 2.05) is 18.2 Å². The van der Waals surface area contributed by atoms with Gasteiger partial charge in [-0.15, -0.1) is 5.92 Å². The van der Waals surface area contributed by atoms with Crippen molar-refractivity contribution in [1.82, 2.24) is 0 Å². The average Bonchev–Trinajstić information content (AvgIpc) is 2.74. The second kappa shape index (κ2) is 9.12. The number of benzene rings is 2. The molecule has 0 N–H and O–H groups in total. The summed E-state index contributed by atoms with van der Waals surface area (Å²) >= 11 is 0. The van der Waals surface area contributed by atoms with Crippen molar-refractivity contribution in [2.24, 2.45) is 0 Å². The van der Waals surface area contributed by atoms with Gasteiger partial charge in [0.1, 0.15) is 5.56 Å². The van der Waals surface area contributed by atoms with Crippen LogP contribution in [0.25, 0.3) is 4.85 Å². The molecule has 27 heavy (non-hydrogen) atoms. The third-order valence-corrected chi connectivity index (χ3v) is 4.73. The van der Waals surface area contributed by atoms with Crippen LogP contribution < -0.4 is 0 Å². The van der Waals surface area contributed by atoms with Crippen molar-refractivity contribution in [3.05, 3.63) is 74.6 Å². The monoisotopic (exact) mass is 356 g/mol. The highest BCUT2D eigenvalue weighted by molar-refractivity contribution is 5.57. The van der Waals surface area contributed by atoms with E-state index in [0.717, 1.165) is 42.4 Å². The van der Waals surface area contributed by atoms with E-state index >= 15 is 0 Å². The first kappa shape index (κ1) is 14.2. The van der Waals surface area contributed by atoms with Crippen molar-refractivity contribution >= 4 is 0 Å². The molecule has 0 aliphatic heterocycles. The van der Waals surface area contributed by atoms with E-state index in [0.29, 0.717) is 11.1 Å². The molecule has 0 spiro atoms. The SMILES string of the molecule is [2H]C([2H])([2H])c1ccc(C#[N+]C)c(C#Cc2cc(C3([2H])CCCCC3)ccc2C#CC)c1. The first-order valence-corrected chi connectivity index (χ1v) is 9.35. The van der Waals surface area contributed by atoms with Crippen LogP contribution in [-0.2, 0) is 0 Å². The number of hydrogen-bond acceptors (Lipinski definition) is 0. The van der Waals surface area contributed by atoms with Crippen molar-refractivity contribution in [3.8, 4) is 29.8 Å². The van der Waals surface area contributed by atoms with Crippen LogP contribution in [0.4, 0.5) is 0 Å². The van der Waals surface area contributed by atoms with Gasteiger partial charge in [-0.1, -0.05) is 54.0 Å².